The van der Waals surface area contributed by atoms with Crippen molar-refractivity contribution in [1.29, 1.82) is 0 Å². The molecule has 9 heteroatoms. The molecule has 0 fully saturated rings. The van der Waals surface area contributed by atoms with E-state index in [9.17, 15) is 24.3 Å². The van der Waals surface area contributed by atoms with Crippen molar-refractivity contribution in [1.82, 2.24) is 15.5 Å². The van der Waals surface area contributed by atoms with Crippen LogP contribution >= 0.6 is 0 Å². The van der Waals surface area contributed by atoms with Gasteiger partial charge in [0.05, 0.1) is 6.54 Å². The van der Waals surface area contributed by atoms with Gasteiger partial charge < -0.3 is 25.4 Å². The van der Waals surface area contributed by atoms with Gasteiger partial charge in [0, 0.05) is 7.05 Å². The molecule has 1 aromatic carbocycles. The number of nitrogens with one attached hydrogen (secondary N) is 2. The van der Waals surface area contributed by atoms with E-state index in [1.165, 1.54) is 14.0 Å². The number of alkyl carbamates (subject to hydrolysis) is 1. The van der Waals surface area contributed by atoms with E-state index in [2.05, 4.69) is 10.6 Å². The van der Waals surface area contributed by atoms with Crippen LogP contribution in [0.1, 0.15) is 32.8 Å². The van der Waals surface area contributed by atoms with Crippen molar-refractivity contribution in [2.45, 2.75) is 45.9 Å². The van der Waals surface area contributed by atoms with Gasteiger partial charge in [-0.1, -0.05) is 44.2 Å². The van der Waals surface area contributed by atoms with E-state index in [1.807, 2.05) is 32.0 Å². The third kappa shape index (κ3) is 9.09. The van der Waals surface area contributed by atoms with Gasteiger partial charge in [-0.15, -0.1) is 0 Å². The molecule has 0 aliphatic heterocycles. The smallest absolute Gasteiger partial charge is 0.408 e. The van der Waals surface area contributed by atoms with E-state index < -0.39 is 36.0 Å². The van der Waals surface area contributed by atoms with E-state index in [0.29, 0.717) is 0 Å². The maximum absolute atomic E-state index is 12.3. The molecule has 9 nitrogen and oxygen atoms in total. The lowest BCUT2D eigenvalue weighted by Gasteiger charge is -2.23. The number of benzene rings is 1. The lowest BCUT2D eigenvalue weighted by Crippen LogP contribution is -2.50. The highest BCUT2D eigenvalue weighted by molar-refractivity contribution is 5.90. The number of nitrogens with zero attached hydrogens (tertiary/aromatic N) is 1. The first kappa shape index (κ1) is 23.9. The first-order chi connectivity index (χ1) is 13.6. The van der Waals surface area contributed by atoms with Crippen molar-refractivity contribution < 1.29 is 29.0 Å². The Kier molecular flexibility index (Phi) is 9.64. The maximum atomic E-state index is 12.3. The van der Waals surface area contributed by atoms with E-state index in [0.717, 1.165) is 10.5 Å². The van der Waals surface area contributed by atoms with Gasteiger partial charge in [-0.05, 0) is 24.8 Å². The number of likely N-dealkylation sites (N-methyl/N-ethyl adjacent to an activating group) is 1. The summed E-state index contributed by atoms with van der Waals surface area (Å²) in [5, 5.41) is 14.0. The van der Waals surface area contributed by atoms with E-state index in [1.54, 1.807) is 12.1 Å². The average molecular weight is 407 g/mol. The highest BCUT2D eigenvalue weighted by atomic mass is 16.5. The zero-order chi connectivity index (χ0) is 22.0. The van der Waals surface area contributed by atoms with Crippen LogP contribution in [0.2, 0.25) is 0 Å². The molecule has 1 rings (SSSR count). The van der Waals surface area contributed by atoms with Gasteiger partial charge in [0.1, 0.15) is 18.7 Å². The molecule has 160 valence electrons. The Morgan fingerprint density at radius 2 is 1.69 bits per heavy atom. The van der Waals surface area contributed by atoms with Gasteiger partial charge in [0.15, 0.2) is 0 Å². The minimum atomic E-state index is -1.13. The Balaban J connectivity index is 2.47. The summed E-state index contributed by atoms with van der Waals surface area (Å²) in [6.07, 6.45) is -0.473. The molecule has 0 saturated carbocycles. The van der Waals surface area contributed by atoms with Gasteiger partial charge in [-0.2, -0.15) is 0 Å². The second-order valence-electron chi connectivity index (χ2n) is 7.21. The lowest BCUT2D eigenvalue weighted by molar-refractivity contribution is -0.143. The van der Waals surface area contributed by atoms with Gasteiger partial charge in [0.25, 0.3) is 0 Å². The zero-order valence-electron chi connectivity index (χ0n) is 17.2. The monoisotopic (exact) mass is 407 g/mol. The summed E-state index contributed by atoms with van der Waals surface area (Å²) in [5.41, 5.74) is 0.810. The van der Waals surface area contributed by atoms with Crippen LogP contribution in [-0.2, 0) is 25.7 Å². The normalized spacial score (nSPS) is 12.6. The molecule has 3 N–H and O–H groups in total. The van der Waals surface area contributed by atoms with Crippen LogP contribution in [-0.4, -0.2) is 59.6 Å². The fourth-order valence-corrected chi connectivity index (χ4v) is 2.56. The summed E-state index contributed by atoms with van der Waals surface area (Å²) < 4.78 is 5.06. The molecule has 0 radical (unpaired) electrons. The number of hydrogen-bond donors (Lipinski definition) is 3. The molecule has 0 bridgehead atoms. The van der Waals surface area contributed by atoms with Gasteiger partial charge >= 0.3 is 12.1 Å². The van der Waals surface area contributed by atoms with E-state index in [4.69, 9.17) is 4.74 Å². The van der Waals surface area contributed by atoms with Crippen LogP contribution in [0.15, 0.2) is 30.3 Å². The first-order valence-electron chi connectivity index (χ1n) is 9.34. The Hall–Kier alpha value is -3.10. The van der Waals surface area contributed by atoms with Crippen molar-refractivity contribution in [2.24, 2.45) is 5.92 Å². The molecule has 3 amide bonds. The van der Waals surface area contributed by atoms with Crippen molar-refractivity contribution >= 4 is 23.9 Å². The highest BCUT2D eigenvalue weighted by Gasteiger charge is 2.25. The fourth-order valence-electron chi connectivity index (χ4n) is 2.56. The summed E-state index contributed by atoms with van der Waals surface area (Å²) in [4.78, 5) is 48.6. The quantitative estimate of drug-likeness (QED) is 0.538. The zero-order valence-corrected chi connectivity index (χ0v) is 17.2. The summed E-state index contributed by atoms with van der Waals surface area (Å²) in [7, 11) is 1.40. The highest BCUT2D eigenvalue weighted by Crippen LogP contribution is 2.05. The Morgan fingerprint density at radius 3 is 2.24 bits per heavy atom. The lowest BCUT2D eigenvalue weighted by atomic mass is 10.0. The molecule has 0 aliphatic rings. The molecular weight excluding hydrogens is 378 g/mol. The van der Waals surface area contributed by atoms with Crippen LogP contribution in [0.5, 0.6) is 0 Å². The van der Waals surface area contributed by atoms with Gasteiger partial charge in [-0.3, -0.25) is 9.59 Å². The number of carbonyl (C=O) groups is 4. The topological polar surface area (TPSA) is 125 Å². The Bertz CT molecular complexity index is 707. The van der Waals surface area contributed by atoms with Crippen molar-refractivity contribution in [2.75, 3.05) is 13.6 Å². The Labute approximate surface area is 170 Å². The molecule has 2 atom stereocenters. The van der Waals surface area contributed by atoms with Crippen molar-refractivity contribution in [3.05, 3.63) is 35.9 Å². The molecule has 0 heterocycles. The number of carboxylic acids is 1. The minimum absolute atomic E-state index is 0.0677. The third-order valence-corrected chi connectivity index (χ3v) is 4.01. The van der Waals surface area contributed by atoms with Crippen LogP contribution in [0.3, 0.4) is 0 Å². The second-order valence-corrected chi connectivity index (χ2v) is 7.21. The van der Waals surface area contributed by atoms with Crippen LogP contribution in [0.4, 0.5) is 4.79 Å². The number of hydrogen-bond acceptors (Lipinski definition) is 5. The summed E-state index contributed by atoms with van der Waals surface area (Å²) in [6.45, 7) is 4.91. The number of amides is 3. The first-order valence-corrected chi connectivity index (χ1v) is 9.34. The molecule has 29 heavy (non-hydrogen) atoms. The van der Waals surface area contributed by atoms with Gasteiger partial charge in [0.2, 0.25) is 11.8 Å². The molecule has 0 aromatic heterocycles. The van der Waals surface area contributed by atoms with Crippen LogP contribution < -0.4 is 10.6 Å². The molecule has 1 aromatic rings. The van der Waals surface area contributed by atoms with E-state index >= 15 is 0 Å². The molecule has 0 saturated heterocycles. The summed E-state index contributed by atoms with van der Waals surface area (Å²) in [5.74, 6) is -2.14. The molecule has 1 unspecified atom stereocenters. The van der Waals surface area contributed by atoms with E-state index in [-0.39, 0.29) is 25.5 Å². The average Bonchev–Trinajstić information content (AvgIpc) is 2.65. The summed E-state index contributed by atoms with van der Waals surface area (Å²) in [6, 6.07) is 7.15. The SMILES string of the molecule is CC(C)C[C@H](NC(=O)CN(C)C(=O)C(C)NC(=O)OCc1ccccc1)C(=O)O. The van der Waals surface area contributed by atoms with Crippen LogP contribution in [0, 0.1) is 5.92 Å². The predicted molar refractivity (Wildman–Crippen MR) is 106 cm³/mol. The van der Waals surface area contributed by atoms with Crippen molar-refractivity contribution in [3.63, 3.8) is 0 Å². The number of aliphatic carboxylic acids is 1. The minimum Gasteiger partial charge on any atom is -0.480 e. The van der Waals surface area contributed by atoms with Crippen LogP contribution in [0.25, 0.3) is 0 Å². The standard InChI is InChI=1S/C20H29N3O6/c1-13(2)10-16(19(26)27)22-17(24)11-23(4)18(25)14(3)21-20(28)29-12-15-8-6-5-7-9-15/h5-9,13-14,16H,10-12H2,1-4H3,(H,21,28)(H,22,24)(H,26,27)/t14?,16-/m0/s1. The largest absolute Gasteiger partial charge is 0.480 e. The van der Waals surface area contributed by atoms with Gasteiger partial charge in [-0.25, -0.2) is 9.59 Å². The number of rotatable bonds is 10. The fraction of sp³-hybridized carbons (Fsp3) is 0.500. The van der Waals surface area contributed by atoms with Crippen molar-refractivity contribution in [3.8, 4) is 0 Å². The predicted octanol–water partition coefficient (Wildman–Crippen LogP) is 1.38. The number of ether oxygens (including phenoxy) is 1. The number of carbonyl (C=O) groups excluding carboxylic acids is 3. The maximum Gasteiger partial charge on any atom is 0.408 e. The molecular formula is C20H29N3O6. The third-order valence-electron chi connectivity index (χ3n) is 4.01. The molecule has 0 spiro atoms. The second kappa shape index (κ2) is 11.7. The number of carboxylic acid groups (broad SMARTS) is 1. The Morgan fingerprint density at radius 1 is 1.07 bits per heavy atom. The summed E-state index contributed by atoms with van der Waals surface area (Å²) >= 11 is 0. The molecule has 0 aliphatic carbocycles.